The number of nitrogens with zero attached hydrogens (tertiary/aromatic N) is 4. The van der Waals surface area contributed by atoms with E-state index in [9.17, 15) is 4.79 Å². The van der Waals surface area contributed by atoms with Crippen LogP contribution in [-0.2, 0) is 17.8 Å². The first-order chi connectivity index (χ1) is 9.43. The minimum absolute atomic E-state index is 0.260. The van der Waals surface area contributed by atoms with Gasteiger partial charge in [-0.05, 0) is 13.8 Å². The van der Waals surface area contributed by atoms with Crippen LogP contribution in [0.15, 0.2) is 0 Å². The van der Waals surface area contributed by atoms with Gasteiger partial charge in [0.1, 0.15) is 11.6 Å². The molecule has 1 aromatic heterocycles. The second-order valence-electron chi connectivity index (χ2n) is 4.84. The molecule has 110 valence electrons. The molecule has 1 aliphatic rings. The van der Waals surface area contributed by atoms with E-state index in [4.69, 9.17) is 23.2 Å². The van der Waals surface area contributed by atoms with Crippen molar-refractivity contribution in [1.29, 1.82) is 0 Å². The van der Waals surface area contributed by atoms with Crippen LogP contribution in [0.25, 0.3) is 0 Å². The normalized spacial score (nSPS) is 14.4. The summed E-state index contributed by atoms with van der Waals surface area (Å²) in [6.45, 7) is 5.84. The maximum absolute atomic E-state index is 11.9. The second kappa shape index (κ2) is 6.14. The zero-order valence-electron chi connectivity index (χ0n) is 11.9. The Bertz CT molecular complexity index is 521. The highest BCUT2D eigenvalue weighted by atomic mass is 35.5. The standard InChI is InChI=1S/C13H18Cl2N4O/c1-4-18(3)12-9-7-19(13(20)11(14)15)6-5-10(9)16-8(2)17-12/h11H,4-7H2,1-3H3. The Labute approximate surface area is 128 Å². The quantitative estimate of drug-likeness (QED) is 0.799. The molecule has 0 saturated carbocycles. The SMILES string of the molecule is CCN(C)c1nc(C)nc2c1CN(C(=O)C(Cl)Cl)CC2. The van der Waals surface area contributed by atoms with E-state index in [1.54, 1.807) is 4.90 Å². The summed E-state index contributed by atoms with van der Waals surface area (Å²) in [4.78, 5) is 23.6. The molecule has 0 aliphatic carbocycles. The molecule has 1 aromatic rings. The highest BCUT2D eigenvalue weighted by Crippen LogP contribution is 2.27. The van der Waals surface area contributed by atoms with Gasteiger partial charge in [-0.3, -0.25) is 4.79 Å². The molecule has 0 spiro atoms. The summed E-state index contributed by atoms with van der Waals surface area (Å²) in [6.07, 6.45) is 0.704. The fraction of sp³-hybridized carbons (Fsp3) is 0.615. The van der Waals surface area contributed by atoms with Crippen LogP contribution in [0.4, 0.5) is 5.82 Å². The number of halogens is 2. The lowest BCUT2D eigenvalue weighted by molar-refractivity contribution is -0.130. The van der Waals surface area contributed by atoms with E-state index in [1.807, 2.05) is 14.0 Å². The minimum atomic E-state index is -1.02. The molecular formula is C13H18Cl2N4O. The van der Waals surface area contributed by atoms with Gasteiger partial charge in [0, 0.05) is 32.1 Å². The Morgan fingerprint density at radius 2 is 2.15 bits per heavy atom. The number of aryl methyl sites for hydroxylation is 1. The third kappa shape index (κ3) is 2.99. The molecule has 0 bridgehead atoms. The topological polar surface area (TPSA) is 49.3 Å². The van der Waals surface area contributed by atoms with Gasteiger partial charge in [0.05, 0.1) is 12.2 Å². The molecule has 0 unspecified atom stereocenters. The first-order valence-electron chi connectivity index (χ1n) is 6.58. The summed E-state index contributed by atoms with van der Waals surface area (Å²) in [5.41, 5.74) is 2.01. The molecule has 2 heterocycles. The molecule has 0 radical (unpaired) electrons. The summed E-state index contributed by atoms with van der Waals surface area (Å²) < 4.78 is 0. The van der Waals surface area contributed by atoms with Crippen molar-refractivity contribution in [3.8, 4) is 0 Å². The van der Waals surface area contributed by atoms with Gasteiger partial charge in [-0.1, -0.05) is 23.2 Å². The van der Waals surface area contributed by atoms with Gasteiger partial charge in [-0.25, -0.2) is 9.97 Å². The Kier molecular flexibility index (Phi) is 4.70. The maximum Gasteiger partial charge on any atom is 0.256 e. The van der Waals surface area contributed by atoms with E-state index in [1.165, 1.54) is 0 Å². The zero-order valence-corrected chi connectivity index (χ0v) is 13.4. The Morgan fingerprint density at radius 3 is 2.75 bits per heavy atom. The van der Waals surface area contributed by atoms with Crippen LogP contribution >= 0.6 is 23.2 Å². The molecule has 1 amide bonds. The summed E-state index contributed by atoms with van der Waals surface area (Å²) in [5.74, 6) is 1.38. The second-order valence-corrected chi connectivity index (χ2v) is 5.94. The molecule has 0 atom stereocenters. The predicted octanol–water partition coefficient (Wildman–Crippen LogP) is 1.93. The van der Waals surface area contributed by atoms with Crippen LogP contribution in [-0.4, -0.2) is 45.7 Å². The average Bonchev–Trinajstić information content (AvgIpc) is 2.44. The van der Waals surface area contributed by atoms with Crippen LogP contribution in [0.3, 0.4) is 0 Å². The highest BCUT2D eigenvalue weighted by Gasteiger charge is 2.28. The lowest BCUT2D eigenvalue weighted by Crippen LogP contribution is -2.40. The minimum Gasteiger partial charge on any atom is -0.360 e. The smallest absolute Gasteiger partial charge is 0.256 e. The average molecular weight is 317 g/mol. The number of alkyl halides is 2. The fourth-order valence-electron chi connectivity index (χ4n) is 2.31. The summed E-state index contributed by atoms with van der Waals surface area (Å²) in [5, 5.41) is 0. The summed E-state index contributed by atoms with van der Waals surface area (Å²) in [6, 6.07) is 0. The van der Waals surface area contributed by atoms with Gasteiger partial charge < -0.3 is 9.80 Å². The molecule has 20 heavy (non-hydrogen) atoms. The van der Waals surface area contributed by atoms with E-state index < -0.39 is 4.84 Å². The summed E-state index contributed by atoms with van der Waals surface area (Å²) >= 11 is 11.4. The maximum atomic E-state index is 11.9. The van der Waals surface area contributed by atoms with Gasteiger partial charge in [0.25, 0.3) is 5.91 Å². The van der Waals surface area contributed by atoms with Crippen molar-refractivity contribution in [2.75, 3.05) is 25.0 Å². The molecule has 1 aliphatic heterocycles. The number of rotatable bonds is 3. The van der Waals surface area contributed by atoms with Crippen molar-refractivity contribution in [3.05, 3.63) is 17.1 Å². The van der Waals surface area contributed by atoms with Crippen LogP contribution in [0.2, 0.25) is 0 Å². The number of hydrogen-bond donors (Lipinski definition) is 0. The van der Waals surface area contributed by atoms with E-state index in [0.29, 0.717) is 19.5 Å². The first kappa shape index (κ1) is 15.3. The summed E-state index contributed by atoms with van der Waals surface area (Å²) in [7, 11) is 1.98. The monoisotopic (exact) mass is 316 g/mol. The van der Waals surface area contributed by atoms with Gasteiger partial charge in [-0.15, -0.1) is 0 Å². The highest BCUT2D eigenvalue weighted by molar-refractivity contribution is 6.53. The van der Waals surface area contributed by atoms with Gasteiger partial charge in [0.15, 0.2) is 4.84 Å². The van der Waals surface area contributed by atoms with Crippen LogP contribution in [0.1, 0.15) is 24.0 Å². The van der Waals surface area contributed by atoms with Gasteiger partial charge >= 0.3 is 0 Å². The molecule has 0 N–H and O–H groups in total. The molecule has 5 nitrogen and oxygen atoms in total. The number of amides is 1. The number of anilines is 1. The fourth-order valence-corrected chi connectivity index (χ4v) is 2.58. The van der Waals surface area contributed by atoms with Crippen molar-refractivity contribution < 1.29 is 4.79 Å². The number of carbonyl (C=O) groups is 1. The molecule has 7 heteroatoms. The van der Waals surface area contributed by atoms with E-state index in [2.05, 4.69) is 21.8 Å². The van der Waals surface area contributed by atoms with Crippen molar-refractivity contribution in [2.45, 2.75) is 31.6 Å². The predicted molar refractivity (Wildman–Crippen MR) is 80.3 cm³/mol. The van der Waals surface area contributed by atoms with E-state index in [0.717, 1.165) is 29.4 Å². The lowest BCUT2D eigenvalue weighted by atomic mass is 10.1. The molecular weight excluding hydrogens is 299 g/mol. The molecule has 0 saturated heterocycles. The third-order valence-electron chi connectivity index (χ3n) is 3.48. The van der Waals surface area contributed by atoms with Crippen LogP contribution in [0, 0.1) is 6.92 Å². The van der Waals surface area contributed by atoms with Crippen LogP contribution in [0.5, 0.6) is 0 Å². The Balaban J connectivity index is 2.36. The number of aromatic nitrogens is 2. The van der Waals surface area contributed by atoms with Crippen molar-refractivity contribution in [2.24, 2.45) is 0 Å². The van der Waals surface area contributed by atoms with Gasteiger partial charge in [0.2, 0.25) is 0 Å². The van der Waals surface area contributed by atoms with Crippen molar-refractivity contribution in [3.63, 3.8) is 0 Å². The number of carbonyl (C=O) groups excluding carboxylic acids is 1. The van der Waals surface area contributed by atoms with Gasteiger partial charge in [-0.2, -0.15) is 0 Å². The number of fused-ring (bicyclic) bond motifs is 1. The van der Waals surface area contributed by atoms with Crippen LogP contribution < -0.4 is 4.90 Å². The molecule has 2 rings (SSSR count). The third-order valence-corrected chi connectivity index (χ3v) is 3.86. The first-order valence-corrected chi connectivity index (χ1v) is 7.45. The lowest BCUT2D eigenvalue weighted by Gasteiger charge is -2.31. The van der Waals surface area contributed by atoms with Crippen molar-refractivity contribution >= 4 is 34.9 Å². The number of hydrogen-bond acceptors (Lipinski definition) is 4. The zero-order chi connectivity index (χ0) is 14.9. The Hall–Kier alpha value is -1.07. The van der Waals surface area contributed by atoms with E-state index >= 15 is 0 Å². The molecule has 0 aromatic carbocycles. The van der Waals surface area contributed by atoms with Crippen molar-refractivity contribution in [1.82, 2.24) is 14.9 Å². The Morgan fingerprint density at radius 1 is 1.45 bits per heavy atom. The largest absolute Gasteiger partial charge is 0.360 e. The molecule has 0 fully saturated rings. The van der Waals surface area contributed by atoms with E-state index in [-0.39, 0.29) is 5.91 Å².